The average molecular weight is 252 g/mol. The number of fused-ring (bicyclic) bond motifs is 1. The van der Waals surface area contributed by atoms with E-state index in [1.54, 1.807) is 0 Å². The summed E-state index contributed by atoms with van der Waals surface area (Å²) in [7, 11) is 0. The molecule has 19 heavy (non-hydrogen) atoms. The maximum absolute atomic E-state index is 6.11. The molecule has 2 nitrogen and oxygen atoms in total. The Morgan fingerprint density at radius 1 is 1.21 bits per heavy atom. The summed E-state index contributed by atoms with van der Waals surface area (Å²) in [5.41, 5.74) is 12.3. The Morgan fingerprint density at radius 3 is 2.84 bits per heavy atom. The molecule has 0 saturated carbocycles. The van der Waals surface area contributed by atoms with Gasteiger partial charge in [-0.05, 0) is 43.5 Å². The topological polar surface area (TPSA) is 29.3 Å². The zero-order chi connectivity index (χ0) is 13.4. The zero-order valence-corrected chi connectivity index (χ0v) is 11.6. The molecule has 0 amide bonds. The highest BCUT2D eigenvalue weighted by Crippen LogP contribution is 2.33. The molecule has 2 aromatic rings. The largest absolute Gasteiger partial charge is 0.398 e. The number of nitrogen functional groups attached to an aromatic ring is 1. The third-order valence-corrected chi connectivity index (χ3v) is 3.99. The highest BCUT2D eigenvalue weighted by Gasteiger charge is 2.25. The first-order valence-corrected chi connectivity index (χ1v) is 6.84. The van der Waals surface area contributed by atoms with E-state index in [4.69, 9.17) is 5.73 Å². The van der Waals surface area contributed by atoms with Crippen LogP contribution in [0.1, 0.15) is 23.6 Å². The minimum atomic E-state index is 0.539. The molecule has 1 heterocycles. The van der Waals surface area contributed by atoms with Crippen LogP contribution in [0.4, 0.5) is 11.4 Å². The van der Waals surface area contributed by atoms with Crippen LogP contribution in [0.15, 0.2) is 42.5 Å². The van der Waals surface area contributed by atoms with Gasteiger partial charge in [0.05, 0.1) is 0 Å². The van der Waals surface area contributed by atoms with Crippen LogP contribution in [0.5, 0.6) is 0 Å². The SMILES string of the molecule is Cc1ccc(N)c(CN2c3ccccc3CC2C)c1. The van der Waals surface area contributed by atoms with Gasteiger partial charge in [0.15, 0.2) is 0 Å². The second-order valence-corrected chi connectivity index (χ2v) is 5.51. The van der Waals surface area contributed by atoms with Gasteiger partial charge in [-0.3, -0.25) is 0 Å². The lowest BCUT2D eigenvalue weighted by Crippen LogP contribution is -2.29. The van der Waals surface area contributed by atoms with Gasteiger partial charge in [0.2, 0.25) is 0 Å². The average Bonchev–Trinajstić information content (AvgIpc) is 2.71. The lowest BCUT2D eigenvalue weighted by atomic mass is 10.1. The lowest BCUT2D eigenvalue weighted by molar-refractivity contribution is 0.673. The van der Waals surface area contributed by atoms with E-state index in [9.17, 15) is 0 Å². The summed E-state index contributed by atoms with van der Waals surface area (Å²) in [6.45, 7) is 5.29. The fourth-order valence-electron chi connectivity index (χ4n) is 2.93. The Balaban J connectivity index is 1.93. The molecule has 0 radical (unpaired) electrons. The van der Waals surface area contributed by atoms with Crippen molar-refractivity contribution in [1.29, 1.82) is 0 Å². The Bertz CT molecular complexity index is 604. The Morgan fingerprint density at radius 2 is 2.00 bits per heavy atom. The summed E-state index contributed by atoms with van der Waals surface area (Å²) in [5.74, 6) is 0. The molecule has 3 rings (SSSR count). The first kappa shape index (κ1) is 12.1. The van der Waals surface area contributed by atoms with Crippen LogP contribution in [0.3, 0.4) is 0 Å². The standard InChI is InChI=1S/C17H20N2/c1-12-7-8-16(18)15(9-12)11-19-13(2)10-14-5-3-4-6-17(14)19/h3-9,13H,10-11,18H2,1-2H3. The monoisotopic (exact) mass is 252 g/mol. The van der Waals surface area contributed by atoms with E-state index in [1.165, 1.54) is 22.4 Å². The summed E-state index contributed by atoms with van der Waals surface area (Å²) in [6, 6.07) is 15.5. The minimum Gasteiger partial charge on any atom is -0.398 e. The fourth-order valence-corrected chi connectivity index (χ4v) is 2.93. The van der Waals surface area contributed by atoms with Gasteiger partial charge in [-0.15, -0.1) is 0 Å². The van der Waals surface area contributed by atoms with E-state index < -0.39 is 0 Å². The number of benzene rings is 2. The quantitative estimate of drug-likeness (QED) is 0.828. The third kappa shape index (κ3) is 2.19. The molecule has 2 N–H and O–H groups in total. The smallest absolute Gasteiger partial charge is 0.0453 e. The molecular weight excluding hydrogens is 232 g/mol. The number of anilines is 2. The van der Waals surface area contributed by atoms with E-state index in [1.807, 2.05) is 6.07 Å². The van der Waals surface area contributed by atoms with Gasteiger partial charge < -0.3 is 10.6 Å². The van der Waals surface area contributed by atoms with Gasteiger partial charge in [0.1, 0.15) is 0 Å². The van der Waals surface area contributed by atoms with Crippen LogP contribution < -0.4 is 10.6 Å². The number of hydrogen-bond donors (Lipinski definition) is 1. The second-order valence-electron chi connectivity index (χ2n) is 5.51. The van der Waals surface area contributed by atoms with Crippen molar-refractivity contribution in [2.75, 3.05) is 10.6 Å². The molecule has 1 aliphatic heterocycles. The van der Waals surface area contributed by atoms with E-state index in [0.29, 0.717) is 6.04 Å². The normalized spacial score (nSPS) is 17.6. The van der Waals surface area contributed by atoms with Gasteiger partial charge >= 0.3 is 0 Å². The number of aryl methyl sites for hydroxylation is 1. The highest BCUT2D eigenvalue weighted by atomic mass is 15.2. The van der Waals surface area contributed by atoms with Crippen molar-refractivity contribution in [1.82, 2.24) is 0 Å². The highest BCUT2D eigenvalue weighted by molar-refractivity contribution is 5.61. The molecule has 2 aromatic carbocycles. The van der Waals surface area contributed by atoms with Crippen molar-refractivity contribution in [3.63, 3.8) is 0 Å². The number of hydrogen-bond acceptors (Lipinski definition) is 2. The van der Waals surface area contributed by atoms with Gasteiger partial charge in [-0.1, -0.05) is 35.9 Å². The van der Waals surface area contributed by atoms with E-state index >= 15 is 0 Å². The van der Waals surface area contributed by atoms with Crippen molar-refractivity contribution in [3.05, 3.63) is 59.2 Å². The number of nitrogens with zero attached hydrogens (tertiary/aromatic N) is 1. The van der Waals surface area contributed by atoms with Crippen molar-refractivity contribution < 1.29 is 0 Å². The van der Waals surface area contributed by atoms with Crippen LogP contribution in [0, 0.1) is 6.92 Å². The van der Waals surface area contributed by atoms with E-state index in [-0.39, 0.29) is 0 Å². The van der Waals surface area contributed by atoms with Gasteiger partial charge in [-0.2, -0.15) is 0 Å². The predicted octanol–water partition coefficient (Wildman–Crippen LogP) is 3.53. The summed E-state index contributed by atoms with van der Waals surface area (Å²) < 4.78 is 0. The van der Waals surface area contributed by atoms with Crippen LogP contribution in [0.2, 0.25) is 0 Å². The van der Waals surface area contributed by atoms with Crippen LogP contribution in [-0.4, -0.2) is 6.04 Å². The third-order valence-electron chi connectivity index (χ3n) is 3.99. The molecule has 1 aliphatic rings. The molecule has 1 atom stereocenters. The molecule has 0 bridgehead atoms. The minimum absolute atomic E-state index is 0.539. The first-order valence-electron chi connectivity index (χ1n) is 6.84. The van der Waals surface area contributed by atoms with Crippen LogP contribution in [-0.2, 0) is 13.0 Å². The molecule has 0 aromatic heterocycles. The number of nitrogens with two attached hydrogens (primary N) is 1. The lowest BCUT2D eigenvalue weighted by Gasteiger charge is -2.25. The number of rotatable bonds is 2. The van der Waals surface area contributed by atoms with Crippen molar-refractivity contribution in [2.45, 2.75) is 32.9 Å². The maximum atomic E-state index is 6.11. The predicted molar refractivity (Wildman–Crippen MR) is 81.4 cm³/mol. The molecular formula is C17H20N2. The van der Waals surface area contributed by atoms with Crippen LogP contribution in [0.25, 0.3) is 0 Å². The molecule has 2 heteroatoms. The summed E-state index contributed by atoms with van der Waals surface area (Å²) in [4.78, 5) is 2.46. The van der Waals surface area contributed by atoms with Crippen molar-refractivity contribution in [2.24, 2.45) is 0 Å². The fraction of sp³-hybridized carbons (Fsp3) is 0.294. The van der Waals surface area contributed by atoms with Gasteiger partial charge in [0.25, 0.3) is 0 Å². The molecule has 0 aliphatic carbocycles. The molecule has 0 spiro atoms. The molecule has 0 fully saturated rings. The van der Waals surface area contributed by atoms with Gasteiger partial charge in [-0.25, -0.2) is 0 Å². The van der Waals surface area contributed by atoms with Crippen LogP contribution >= 0.6 is 0 Å². The number of para-hydroxylation sites is 1. The second kappa shape index (κ2) is 4.61. The van der Waals surface area contributed by atoms with Crippen molar-refractivity contribution >= 4 is 11.4 Å². The molecule has 1 unspecified atom stereocenters. The molecule has 0 saturated heterocycles. The molecule has 98 valence electrons. The van der Waals surface area contributed by atoms with Crippen molar-refractivity contribution in [3.8, 4) is 0 Å². The first-order chi connectivity index (χ1) is 9.15. The zero-order valence-electron chi connectivity index (χ0n) is 11.6. The van der Waals surface area contributed by atoms with E-state index in [2.05, 4.69) is 55.1 Å². The summed E-state index contributed by atoms with van der Waals surface area (Å²) in [5, 5.41) is 0. The Hall–Kier alpha value is -1.96. The van der Waals surface area contributed by atoms with E-state index in [0.717, 1.165) is 18.7 Å². The Kier molecular flexibility index (Phi) is 2.94. The summed E-state index contributed by atoms with van der Waals surface area (Å²) in [6.07, 6.45) is 1.13. The summed E-state index contributed by atoms with van der Waals surface area (Å²) >= 11 is 0. The Labute approximate surface area is 114 Å². The maximum Gasteiger partial charge on any atom is 0.0453 e. The van der Waals surface area contributed by atoms with Gasteiger partial charge in [0, 0.05) is 24.0 Å².